The number of carbonyl (C=O) groups is 1. The summed E-state index contributed by atoms with van der Waals surface area (Å²) in [6, 6.07) is 7.05. The van der Waals surface area contributed by atoms with E-state index in [9.17, 15) is 4.79 Å². The first-order chi connectivity index (χ1) is 9.02. The molecule has 19 heavy (non-hydrogen) atoms. The van der Waals surface area contributed by atoms with Gasteiger partial charge in [0.1, 0.15) is 11.5 Å². The number of methoxy groups -OCH3 is 1. The average Bonchev–Trinajstić information content (AvgIpc) is 2.42. The maximum Gasteiger partial charge on any atom is 0.260 e. The van der Waals surface area contributed by atoms with Gasteiger partial charge >= 0.3 is 0 Å². The number of amides is 1. The lowest BCUT2D eigenvalue weighted by atomic mass is 10.3. The largest absolute Gasteiger partial charge is 0.497 e. The van der Waals surface area contributed by atoms with E-state index in [0.29, 0.717) is 18.7 Å². The molecule has 1 atom stereocenters. The summed E-state index contributed by atoms with van der Waals surface area (Å²) in [6.45, 7) is 2.21. The molecule has 0 fully saturated rings. The van der Waals surface area contributed by atoms with Crippen LogP contribution in [-0.4, -0.2) is 49.3 Å². The van der Waals surface area contributed by atoms with Crippen molar-refractivity contribution in [2.75, 3.05) is 27.3 Å². The van der Waals surface area contributed by atoms with Crippen LogP contribution in [0, 0.1) is 0 Å². The van der Waals surface area contributed by atoms with Gasteiger partial charge < -0.3 is 19.5 Å². The summed E-state index contributed by atoms with van der Waals surface area (Å²) >= 11 is 0. The molecule has 0 aliphatic rings. The first-order valence-electron chi connectivity index (χ1n) is 6.22. The zero-order valence-corrected chi connectivity index (χ0v) is 11.6. The van der Waals surface area contributed by atoms with Gasteiger partial charge in [0.25, 0.3) is 5.91 Å². The summed E-state index contributed by atoms with van der Waals surface area (Å²) < 4.78 is 10.4. The van der Waals surface area contributed by atoms with E-state index in [0.717, 1.165) is 5.75 Å². The molecule has 1 rings (SSSR count). The van der Waals surface area contributed by atoms with Gasteiger partial charge in [0.05, 0.1) is 13.2 Å². The smallest absolute Gasteiger partial charge is 0.260 e. The second-order valence-corrected chi connectivity index (χ2v) is 4.42. The lowest BCUT2D eigenvalue weighted by molar-refractivity contribution is -0.132. The average molecular weight is 267 g/mol. The quantitative estimate of drug-likeness (QED) is 0.809. The number of nitrogens with zero attached hydrogens (tertiary/aromatic N) is 1. The van der Waals surface area contributed by atoms with Gasteiger partial charge in [-0.05, 0) is 37.6 Å². The van der Waals surface area contributed by atoms with Crippen molar-refractivity contribution >= 4 is 5.91 Å². The van der Waals surface area contributed by atoms with E-state index in [1.807, 2.05) is 0 Å². The molecule has 0 heterocycles. The molecule has 0 spiro atoms. The van der Waals surface area contributed by atoms with Crippen LogP contribution in [0.2, 0.25) is 0 Å². The zero-order chi connectivity index (χ0) is 14.3. The number of hydrogen-bond donors (Lipinski definition) is 1. The predicted molar refractivity (Wildman–Crippen MR) is 72.4 cm³/mol. The van der Waals surface area contributed by atoms with E-state index in [-0.39, 0.29) is 12.5 Å². The Morgan fingerprint density at radius 3 is 2.42 bits per heavy atom. The maximum absolute atomic E-state index is 11.7. The minimum Gasteiger partial charge on any atom is -0.497 e. The van der Waals surface area contributed by atoms with E-state index in [4.69, 9.17) is 14.6 Å². The molecule has 106 valence electrons. The number of rotatable bonds is 7. The van der Waals surface area contributed by atoms with Crippen LogP contribution >= 0.6 is 0 Å². The van der Waals surface area contributed by atoms with Gasteiger partial charge in [-0.1, -0.05) is 0 Å². The van der Waals surface area contributed by atoms with Crippen LogP contribution in [0.3, 0.4) is 0 Å². The molecule has 5 heteroatoms. The summed E-state index contributed by atoms with van der Waals surface area (Å²) in [5.74, 6) is 1.25. The summed E-state index contributed by atoms with van der Waals surface area (Å²) in [4.78, 5) is 13.3. The maximum atomic E-state index is 11.7. The summed E-state index contributed by atoms with van der Waals surface area (Å²) in [7, 11) is 3.29. The summed E-state index contributed by atoms with van der Waals surface area (Å²) in [6.07, 6.45) is 0.155. The third-order valence-corrected chi connectivity index (χ3v) is 2.73. The molecule has 0 saturated carbocycles. The standard InChI is InChI=1S/C14H21NO4/c1-11(16)8-9-15(2)14(17)10-19-13-6-4-12(18-3)5-7-13/h4-7,11,16H,8-10H2,1-3H3. The van der Waals surface area contributed by atoms with Crippen molar-refractivity contribution in [1.29, 1.82) is 0 Å². The first kappa shape index (κ1) is 15.3. The molecule has 0 bridgehead atoms. The number of aliphatic hydroxyl groups is 1. The predicted octanol–water partition coefficient (Wildman–Crippen LogP) is 1.30. The van der Waals surface area contributed by atoms with Gasteiger partial charge in [0.2, 0.25) is 0 Å². The number of hydrogen-bond acceptors (Lipinski definition) is 4. The Hall–Kier alpha value is -1.75. The van der Waals surface area contributed by atoms with Crippen molar-refractivity contribution in [3.05, 3.63) is 24.3 Å². The van der Waals surface area contributed by atoms with Crippen LogP contribution in [0.1, 0.15) is 13.3 Å². The molecule has 0 aromatic heterocycles. The van der Waals surface area contributed by atoms with E-state index < -0.39 is 6.10 Å². The third-order valence-electron chi connectivity index (χ3n) is 2.73. The molecular weight excluding hydrogens is 246 g/mol. The zero-order valence-electron chi connectivity index (χ0n) is 11.6. The van der Waals surface area contributed by atoms with Crippen LogP contribution in [0.4, 0.5) is 0 Å². The van der Waals surface area contributed by atoms with E-state index >= 15 is 0 Å². The van der Waals surface area contributed by atoms with Crippen molar-refractivity contribution < 1.29 is 19.4 Å². The molecule has 0 aliphatic carbocycles. The van der Waals surface area contributed by atoms with Gasteiger partial charge in [-0.15, -0.1) is 0 Å². The highest BCUT2D eigenvalue weighted by molar-refractivity contribution is 5.77. The lowest BCUT2D eigenvalue weighted by Crippen LogP contribution is -2.33. The second kappa shape index (κ2) is 7.63. The normalized spacial score (nSPS) is 11.8. The highest BCUT2D eigenvalue weighted by Gasteiger charge is 2.10. The van der Waals surface area contributed by atoms with Gasteiger partial charge in [0.15, 0.2) is 6.61 Å². The Balaban J connectivity index is 2.36. The fraction of sp³-hybridized carbons (Fsp3) is 0.500. The molecule has 1 unspecified atom stereocenters. The van der Waals surface area contributed by atoms with E-state index in [2.05, 4.69) is 0 Å². The fourth-order valence-electron chi connectivity index (χ4n) is 1.43. The minimum atomic E-state index is -0.405. The summed E-state index contributed by atoms with van der Waals surface area (Å²) in [5.41, 5.74) is 0. The number of benzene rings is 1. The Morgan fingerprint density at radius 2 is 1.89 bits per heavy atom. The lowest BCUT2D eigenvalue weighted by Gasteiger charge is -2.18. The van der Waals surface area contributed by atoms with Crippen LogP contribution in [0.15, 0.2) is 24.3 Å². The topological polar surface area (TPSA) is 59.0 Å². The molecule has 0 saturated heterocycles. The minimum absolute atomic E-state index is 0.0113. The van der Waals surface area contributed by atoms with Crippen molar-refractivity contribution in [2.24, 2.45) is 0 Å². The second-order valence-electron chi connectivity index (χ2n) is 4.42. The molecule has 1 aromatic rings. The van der Waals surface area contributed by atoms with Crippen molar-refractivity contribution in [3.63, 3.8) is 0 Å². The molecule has 1 N–H and O–H groups in total. The Morgan fingerprint density at radius 1 is 1.32 bits per heavy atom. The molecule has 5 nitrogen and oxygen atoms in total. The molecule has 0 aliphatic heterocycles. The van der Waals surface area contributed by atoms with Crippen LogP contribution < -0.4 is 9.47 Å². The molecular formula is C14H21NO4. The van der Waals surface area contributed by atoms with Crippen molar-refractivity contribution in [2.45, 2.75) is 19.4 Å². The number of likely N-dealkylation sites (N-methyl/N-ethyl adjacent to an activating group) is 1. The van der Waals surface area contributed by atoms with Gasteiger partial charge in [-0.2, -0.15) is 0 Å². The van der Waals surface area contributed by atoms with E-state index in [1.54, 1.807) is 50.2 Å². The molecule has 1 amide bonds. The van der Waals surface area contributed by atoms with E-state index in [1.165, 1.54) is 0 Å². The van der Waals surface area contributed by atoms with Crippen molar-refractivity contribution in [1.82, 2.24) is 4.90 Å². The van der Waals surface area contributed by atoms with Crippen LogP contribution in [0.5, 0.6) is 11.5 Å². The van der Waals surface area contributed by atoms with Gasteiger partial charge in [0, 0.05) is 13.6 Å². The SMILES string of the molecule is COc1ccc(OCC(=O)N(C)CCC(C)O)cc1. The Kier molecular flexibility index (Phi) is 6.15. The number of ether oxygens (including phenoxy) is 2. The summed E-state index contributed by atoms with van der Waals surface area (Å²) in [5, 5.41) is 9.16. The number of aliphatic hydroxyl groups excluding tert-OH is 1. The first-order valence-corrected chi connectivity index (χ1v) is 6.22. The van der Waals surface area contributed by atoms with Gasteiger partial charge in [-0.3, -0.25) is 4.79 Å². The Bertz CT molecular complexity index is 389. The third kappa shape index (κ3) is 5.61. The molecule has 1 aromatic carbocycles. The molecule has 0 radical (unpaired) electrons. The Labute approximate surface area is 113 Å². The van der Waals surface area contributed by atoms with Crippen molar-refractivity contribution in [3.8, 4) is 11.5 Å². The van der Waals surface area contributed by atoms with Gasteiger partial charge in [-0.25, -0.2) is 0 Å². The monoisotopic (exact) mass is 267 g/mol. The van der Waals surface area contributed by atoms with Crippen LogP contribution in [0.25, 0.3) is 0 Å². The van der Waals surface area contributed by atoms with Crippen LogP contribution in [-0.2, 0) is 4.79 Å². The number of carbonyl (C=O) groups excluding carboxylic acids is 1. The highest BCUT2D eigenvalue weighted by Crippen LogP contribution is 2.16. The highest BCUT2D eigenvalue weighted by atomic mass is 16.5. The fourth-order valence-corrected chi connectivity index (χ4v) is 1.43.